The minimum Gasteiger partial charge on any atom is -0.504 e. The van der Waals surface area contributed by atoms with E-state index in [0.29, 0.717) is 36.9 Å². The van der Waals surface area contributed by atoms with Crippen LogP contribution < -0.4 is 9.47 Å². The molecule has 0 unspecified atom stereocenters. The van der Waals surface area contributed by atoms with Crippen molar-refractivity contribution in [3.05, 3.63) is 88.4 Å². The highest BCUT2D eigenvalue weighted by molar-refractivity contribution is 6.31. The molecule has 1 atom stereocenters. The van der Waals surface area contributed by atoms with Gasteiger partial charge < -0.3 is 19.5 Å². The number of aromatic hydroxyl groups is 1. The van der Waals surface area contributed by atoms with Crippen LogP contribution in [0.4, 0.5) is 0 Å². The van der Waals surface area contributed by atoms with E-state index in [1.165, 1.54) is 0 Å². The minimum atomic E-state index is -0.345. The van der Waals surface area contributed by atoms with E-state index >= 15 is 0 Å². The summed E-state index contributed by atoms with van der Waals surface area (Å²) in [7, 11) is 3.41. The molecule has 38 heavy (non-hydrogen) atoms. The van der Waals surface area contributed by atoms with Crippen molar-refractivity contribution in [3.63, 3.8) is 0 Å². The Kier molecular flexibility index (Phi) is 9.18. The first-order valence-electron chi connectivity index (χ1n) is 13.0. The van der Waals surface area contributed by atoms with E-state index in [0.717, 1.165) is 48.4 Å². The van der Waals surface area contributed by atoms with Crippen LogP contribution >= 0.6 is 11.6 Å². The zero-order valence-electron chi connectivity index (χ0n) is 22.5. The van der Waals surface area contributed by atoms with Gasteiger partial charge in [0, 0.05) is 43.5 Å². The summed E-state index contributed by atoms with van der Waals surface area (Å²) in [6.07, 6.45) is 2.25. The number of aryl methyl sites for hydroxylation is 1. The van der Waals surface area contributed by atoms with Crippen molar-refractivity contribution >= 4 is 17.5 Å². The molecule has 1 amide bonds. The third-order valence-corrected chi connectivity index (χ3v) is 7.70. The summed E-state index contributed by atoms with van der Waals surface area (Å²) in [6.45, 7) is 5.28. The maximum Gasteiger partial charge on any atom is 0.223 e. The van der Waals surface area contributed by atoms with Gasteiger partial charge in [0.05, 0.1) is 13.7 Å². The topological polar surface area (TPSA) is 62.2 Å². The molecule has 0 radical (unpaired) electrons. The number of carbonyl (C=O) groups excluding carboxylic acids is 1. The van der Waals surface area contributed by atoms with Gasteiger partial charge in [-0.15, -0.1) is 0 Å². The number of ether oxygens (including phenoxy) is 2. The minimum absolute atomic E-state index is 0.105. The van der Waals surface area contributed by atoms with Crippen LogP contribution in [0.15, 0.2) is 66.7 Å². The zero-order chi connectivity index (χ0) is 27.1. The SMILES string of the molecule is COc1ccc(CN2CCC[C@](COc3ccc(Cl)c(C)c3)(CC(=O)N(C)Cc3ccccc3)C2)cc1O. The van der Waals surface area contributed by atoms with Gasteiger partial charge in [-0.05, 0) is 73.3 Å². The van der Waals surface area contributed by atoms with E-state index in [9.17, 15) is 9.90 Å². The number of hydrogen-bond donors (Lipinski definition) is 1. The fourth-order valence-electron chi connectivity index (χ4n) is 5.19. The first kappa shape index (κ1) is 27.8. The molecule has 0 bridgehead atoms. The smallest absolute Gasteiger partial charge is 0.223 e. The highest BCUT2D eigenvalue weighted by Gasteiger charge is 2.39. The molecule has 0 spiro atoms. The van der Waals surface area contributed by atoms with Gasteiger partial charge in [0.1, 0.15) is 5.75 Å². The van der Waals surface area contributed by atoms with Crippen LogP contribution in [-0.2, 0) is 17.9 Å². The number of amides is 1. The highest BCUT2D eigenvalue weighted by Crippen LogP contribution is 2.37. The molecule has 1 heterocycles. The Hall–Kier alpha value is -3.22. The van der Waals surface area contributed by atoms with E-state index in [1.807, 2.05) is 73.5 Å². The van der Waals surface area contributed by atoms with Crippen LogP contribution in [0, 0.1) is 12.3 Å². The normalized spacial score (nSPS) is 17.7. The average Bonchev–Trinajstić information content (AvgIpc) is 2.90. The summed E-state index contributed by atoms with van der Waals surface area (Å²) in [5.41, 5.74) is 2.72. The molecule has 1 fully saturated rings. The lowest BCUT2D eigenvalue weighted by Crippen LogP contribution is -2.48. The number of halogens is 1. The fraction of sp³-hybridized carbons (Fsp3) is 0.387. The second kappa shape index (κ2) is 12.5. The van der Waals surface area contributed by atoms with Crippen LogP contribution in [0.3, 0.4) is 0 Å². The van der Waals surface area contributed by atoms with Gasteiger partial charge in [-0.3, -0.25) is 9.69 Å². The van der Waals surface area contributed by atoms with Crippen LogP contribution in [0.1, 0.15) is 36.0 Å². The van der Waals surface area contributed by atoms with E-state index in [2.05, 4.69) is 4.90 Å². The van der Waals surface area contributed by atoms with Gasteiger partial charge in [-0.1, -0.05) is 48.0 Å². The van der Waals surface area contributed by atoms with Gasteiger partial charge in [0.2, 0.25) is 5.91 Å². The van der Waals surface area contributed by atoms with Crippen molar-refractivity contribution in [2.75, 3.05) is 33.9 Å². The fourth-order valence-corrected chi connectivity index (χ4v) is 5.31. The number of nitrogens with zero attached hydrogens (tertiary/aromatic N) is 2. The standard InChI is InChI=1S/C31H37ClN2O4/c1-23-16-26(11-12-27(23)32)38-22-31(18-30(36)33(2)19-24-8-5-4-6-9-24)14-7-15-34(21-31)20-25-10-13-29(37-3)28(35)17-25/h4-6,8-13,16-17,35H,7,14-15,18-22H2,1-3H3/t31-/m0/s1. The molecule has 4 rings (SSSR count). The molecule has 0 saturated carbocycles. The van der Waals surface area contributed by atoms with E-state index in [4.69, 9.17) is 21.1 Å². The molecule has 1 aliphatic rings. The second-order valence-electron chi connectivity index (χ2n) is 10.4. The van der Waals surface area contributed by atoms with Crippen molar-refractivity contribution in [3.8, 4) is 17.2 Å². The Morgan fingerprint density at radius 3 is 2.61 bits per heavy atom. The quantitative estimate of drug-likeness (QED) is 0.340. The van der Waals surface area contributed by atoms with Crippen molar-refractivity contribution in [2.24, 2.45) is 5.41 Å². The van der Waals surface area contributed by atoms with Crippen LogP contribution in [0.25, 0.3) is 0 Å². The molecular formula is C31H37ClN2O4. The summed E-state index contributed by atoms with van der Waals surface area (Å²) in [4.78, 5) is 17.7. The molecule has 0 aromatic heterocycles. The number of carbonyl (C=O) groups is 1. The summed E-state index contributed by atoms with van der Waals surface area (Å²) < 4.78 is 11.5. The number of hydrogen-bond acceptors (Lipinski definition) is 5. The molecule has 1 N–H and O–H groups in total. The molecule has 1 aliphatic heterocycles. The van der Waals surface area contributed by atoms with Gasteiger partial charge in [0.15, 0.2) is 11.5 Å². The number of rotatable bonds is 10. The Morgan fingerprint density at radius 2 is 1.89 bits per heavy atom. The third-order valence-electron chi connectivity index (χ3n) is 7.28. The third kappa shape index (κ3) is 7.21. The Labute approximate surface area is 230 Å². The maximum absolute atomic E-state index is 13.5. The molecule has 202 valence electrons. The largest absolute Gasteiger partial charge is 0.504 e. The predicted molar refractivity (Wildman–Crippen MR) is 151 cm³/mol. The number of phenolic OH excluding ortho intramolecular Hbond substituents is 1. The first-order valence-corrected chi connectivity index (χ1v) is 13.4. The first-order chi connectivity index (χ1) is 18.3. The van der Waals surface area contributed by atoms with Crippen molar-refractivity contribution < 1.29 is 19.4 Å². The maximum atomic E-state index is 13.5. The van der Waals surface area contributed by atoms with Crippen LogP contribution in [0.5, 0.6) is 17.2 Å². The molecule has 3 aromatic rings. The Balaban J connectivity index is 1.51. The van der Waals surface area contributed by atoms with Crippen molar-refractivity contribution in [2.45, 2.75) is 39.3 Å². The molecular weight excluding hydrogens is 500 g/mol. The number of phenols is 1. The van der Waals surface area contributed by atoms with E-state index in [1.54, 1.807) is 19.2 Å². The molecule has 6 nitrogen and oxygen atoms in total. The highest BCUT2D eigenvalue weighted by atomic mass is 35.5. The van der Waals surface area contributed by atoms with Crippen LogP contribution in [-0.4, -0.2) is 54.7 Å². The summed E-state index contributed by atoms with van der Waals surface area (Å²) in [5.74, 6) is 1.45. The van der Waals surface area contributed by atoms with Gasteiger partial charge in [-0.2, -0.15) is 0 Å². The molecule has 1 saturated heterocycles. The van der Waals surface area contributed by atoms with Gasteiger partial charge in [0.25, 0.3) is 0 Å². The molecule has 0 aliphatic carbocycles. The summed E-state index contributed by atoms with van der Waals surface area (Å²) in [5, 5.41) is 11.0. The number of piperidine rings is 1. The number of methoxy groups -OCH3 is 1. The number of likely N-dealkylation sites (tertiary alicyclic amines) is 1. The van der Waals surface area contributed by atoms with E-state index in [-0.39, 0.29) is 17.1 Å². The molecule has 3 aromatic carbocycles. The van der Waals surface area contributed by atoms with Crippen LogP contribution in [0.2, 0.25) is 5.02 Å². The second-order valence-corrected chi connectivity index (χ2v) is 10.8. The summed E-state index contributed by atoms with van der Waals surface area (Å²) >= 11 is 6.22. The zero-order valence-corrected chi connectivity index (χ0v) is 23.2. The lowest BCUT2D eigenvalue weighted by Gasteiger charge is -2.43. The lowest BCUT2D eigenvalue weighted by atomic mass is 9.77. The van der Waals surface area contributed by atoms with Crippen molar-refractivity contribution in [1.29, 1.82) is 0 Å². The lowest BCUT2D eigenvalue weighted by molar-refractivity contribution is -0.135. The predicted octanol–water partition coefficient (Wildman–Crippen LogP) is 6.07. The number of benzene rings is 3. The Morgan fingerprint density at radius 1 is 1.11 bits per heavy atom. The average molecular weight is 537 g/mol. The summed E-state index contributed by atoms with van der Waals surface area (Å²) in [6, 6.07) is 21.2. The van der Waals surface area contributed by atoms with Gasteiger partial charge in [-0.25, -0.2) is 0 Å². The van der Waals surface area contributed by atoms with Crippen molar-refractivity contribution in [1.82, 2.24) is 9.80 Å². The van der Waals surface area contributed by atoms with Gasteiger partial charge >= 0.3 is 0 Å². The Bertz CT molecular complexity index is 1240. The monoisotopic (exact) mass is 536 g/mol. The van der Waals surface area contributed by atoms with E-state index < -0.39 is 0 Å². The molecule has 7 heteroatoms.